The van der Waals surface area contributed by atoms with Gasteiger partial charge in [0.15, 0.2) is 0 Å². The van der Waals surface area contributed by atoms with Gasteiger partial charge in [-0.05, 0) is 31.9 Å². The van der Waals surface area contributed by atoms with E-state index in [9.17, 15) is 8.42 Å². The van der Waals surface area contributed by atoms with E-state index in [4.69, 9.17) is 0 Å². The van der Waals surface area contributed by atoms with Crippen molar-refractivity contribution < 1.29 is 8.42 Å². The van der Waals surface area contributed by atoms with Crippen molar-refractivity contribution in [2.75, 3.05) is 25.1 Å². The molecule has 1 atom stereocenters. The summed E-state index contributed by atoms with van der Waals surface area (Å²) in [6.07, 6.45) is 8.73. The van der Waals surface area contributed by atoms with Crippen LogP contribution in [0.5, 0.6) is 0 Å². The Kier molecular flexibility index (Phi) is 4.62. The van der Waals surface area contributed by atoms with Gasteiger partial charge in [0, 0.05) is 25.0 Å². The molecule has 6 heteroatoms. The lowest BCUT2D eigenvalue weighted by atomic mass is 10.0. The van der Waals surface area contributed by atoms with Gasteiger partial charge in [0.1, 0.15) is 9.84 Å². The van der Waals surface area contributed by atoms with Crippen LogP contribution in [0.25, 0.3) is 0 Å². The molecule has 0 amide bonds. The topological polar surface area (TPSA) is 55.2 Å². The van der Waals surface area contributed by atoms with Gasteiger partial charge in [-0.2, -0.15) is 5.10 Å². The van der Waals surface area contributed by atoms with Crippen LogP contribution in [-0.2, 0) is 16.4 Å². The maximum atomic E-state index is 11.3. The van der Waals surface area contributed by atoms with E-state index in [1.54, 1.807) is 0 Å². The summed E-state index contributed by atoms with van der Waals surface area (Å²) < 4.78 is 24.6. The molecule has 1 aliphatic rings. The van der Waals surface area contributed by atoms with Gasteiger partial charge in [-0.1, -0.05) is 6.42 Å². The number of piperidine rings is 1. The summed E-state index contributed by atoms with van der Waals surface area (Å²) in [5.41, 5.74) is 1.17. The highest BCUT2D eigenvalue weighted by atomic mass is 32.2. The Bertz CT molecular complexity index is 510. The highest BCUT2D eigenvalue weighted by Crippen LogP contribution is 2.18. The van der Waals surface area contributed by atoms with Crippen molar-refractivity contribution in [1.29, 1.82) is 0 Å². The molecular weight excluding hydrogens is 262 g/mol. The van der Waals surface area contributed by atoms with Crippen molar-refractivity contribution in [1.82, 2.24) is 14.7 Å². The third kappa shape index (κ3) is 4.62. The van der Waals surface area contributed by atoms with E-state index in [1.807, 2.05) is 24.0 Å². The van der Waals surface area contributed by atoms with Crippen LogP contribution in [0.2, 0.25) is 0 Å². The van der Waals surface area contributed by atoms with Crippen molar-refractivity contribution in [2.24, 2.45) is 0 Å². The molecule has 2 rings (SSSR count). The smallest absolute Gasteiger partial charge is 0.148 e. The molecule has 0 aliphatic carbocycles. The van der Waals surface area contributed by atoms with E-state index >= 15 is 0 Å². The van der Waals surface area contributed by atoms with E-state index in [0.29, 0.717) is 12.6 Å². The Morgan fingerprint density at radius 1 is 1.42 bits per heavy atom. The molecule has 108 valence electrons. The number of aryl methyl sites for hydroxylation is 1. The fourth-order valence-corrected chi connectivity index (χ4v) is 3.19. The third-order valence-electron chi connectivity index (χ3n) is 3.66. The summed E-state index contributed by atoms with van der Waals surface area (Å²) in [7, 11) is -2.88. The number of hydrogen-bond donors (Lipinski definition) is 0. The number of sulfone groups is 1. The van der Waals surface area contributed by atoms with Crippen LogP contribution in [0.1, 0.15) is 24.8 Å². The molecule has 0 radical (unpaired) electrons. The van der Waals surface area contributed by atoms with Crippen LogP contribution in [0.4, 0.5) is 0 Å². The van der Waals surface area contributed by atoms with Crippen molar-refractivity contribution in [3.05, 3.63) is 18.0 Å². The van der Waals surface area contributed by atoms with Crippen LogP contribution in [0.15, 0.2) is 12.4 Å². The molecule has 19 heavy (non-hydrogen) atoms. The Balaban J connectivity index is 1.95. The van der Waals surface area contributed by atoms with Crippen LogP contribution < -0.4 is 0 Å². The molecule has 0 aromatic carbocycles. The van der Waals surface area contributed by atoms with E-state index in [1.165, 1.54) is 24.7 Å². The van der Waals surface area contributed by atoms with Gasteiger partial charge in [-0.25, -0.2) is 8.42 Å². The lowest BCUT2D eigenvalue weighted by Gasteiger charge is -2.35. The van der Waals surface area contributed by atoms with Crippen LogP contribution >= 0.6 is 0 Å². The largest absolute Gasteiger partial charge is 0.298 e. The summed E-state index contributed by atoms with van der Waals surface area (Å²) in [5, 5.41) is 4.32. The molecule has 1 unspecified atom stereocenters. The summed E-state index contributed by atoms with van der Waals surface area (Å²) >= 11 is 0. The second kappa shape index (κ2) is 6.05. The van der Waals surface area contributed by atoms with Gasteiger partial charge < -0.3 is 0 Å². The fraction of sp³-hybridized carbons (Fsp3) is 0.769. The van der Waals surface area contributed by atoms with Gasteiger partial charge in [0.2, 0.25) is 0 Å². The molecule has 2 heterocycles. The summed E-state index contributed by atoms with van der Waals surface area (Å²) in [6.45, 7) is 4.54. The third-order valence-corrected chi connectivity index (χ3v) is 4.58. The van der Waals surface area contributed by atoms with E-state index < -0.39 is 9.84 Å². The summed E-state index contributed by atoms with van der Waals surface area (Å²) in [4.78, 5) is 2.31. The molecule has 1 aromatic rings. The monoisotopic (exact) mass is 285 g/mol. The summed E-state index contributed by atoms with van der Waals surface area (Å²) in [6, 6.07) is 0.412. The number of aromatic nitrogens is 2. The van der Waals surface area contributed by atoms with Crippen molar-refractivity contribution in [3.8, 4) is 0 Å². The predicted octanol–water partition coefficient (Wildman–Crippen LogP) is 1.09. The predicted molar refractivity (Wildman–Crippen MR) is 75.9 cm³/mol. The average Bonchev–Trinajstić information content (AvgIpc) is 2.73. The lowest BCUT2D eigenvalue weighted by molar-refractivity contribution is 0.138. The lowest BCUT2D eigenvalue weighted by Crippen LogP contribution is -2.44. The Hall–Kier alpha value is -0.880. The van der Waals surface area contributed by atoms with Gasteiger partial charge >= 0.3 is 0 Å². The minimum atomic E-state index is -2.88. The Morgan fingerprint density at radius 3 is 2.84 bits per heavy atom. The Morgan fingerprint density at radius 2 is 2.21 bits per heavy atom. The van der Waals surface area contributed by atoms with E-state index in [-0.39, 0.29) is 5.75 Å². The SMILES string of the molecule is Cc1cnn(CC2CCCCN2CCS(C)(=O)=O)c1. The second-order valence-corrected chi connectivity index (χ2v) is 7.81. The first-order valence-electron chi connectivity index (χ1n) is 6.85. The first-order valence-corrected chi connectivity index (χ1v) is 8.91. The van der Waals surface area contributed by atoms with Crippen molar-refractivity contribution in [3.63, 3.8) is 0 Å². The fourth-order valence-electron chi connectivity index (χ4n) is 2.63. The Labute approximate surface area is 115 Å². The molecule has 0 saturated carbocycles. The maximum Gasteiger partial charge on any atom is 0.148 e. The standard InChI is InChI=1S/C13H23N3O2S/c1-12-9-14-16(10-12)11-13-5-3-4-6-15(13)7-8-19(2,17)18/h9-10,13H,3-8,11H2,1-2H3. The quantitative estimate of drug-likeness (QED) is 0.812. The molecule has 1 saturated heterocycles. The number of rotatable bonds is 5. The first kappa shape index (κ1) is 14.5. The molecule has 5 nitrogen and oxygen atoms in total. The zero-order valence-electron chi connectivity index (χ0n) is 11.7. The molecule has 1 aromatic heterocycles. The van der Waals surface area contributed by atoms with Crippen molar-refractivity contribution >= 4 is 9.84 Å². The number of likely N-dealkylation sites (tertiary alicyclic amines) is 1. The molecule has 1 aliphatic heterocycles. The van der Waals surface area contributed by atoms with Gasteiger partial charge in [-0.15, -0.1) is 0 Å². The molecule has 0 N–H and O–H groups in total. The second-order valence-electron chi connectivity index (χ2n) is 5.56. The average molecular weight is 285 g/mol. The highest BCUT2D eigenvalue weighted by molar-refractivity contribution is 7.90. The summed E-state index contributed by atoms with van der Waals surface area (Å²) in [5.74, 6) is 0.252. The number of hydrogen-bond acceptors (Lipinski definition) is 4. The van der Waals surface area contributed by atoms with E-state index in [0.717, 1.165) is 19.5 Å². The van der Waals surface area contributed by atoms with Crippen molar-refractivity contribution in [2.45, 2.75) is 38.8 Å². The van der Waals surface area contributed by atoms with Gasteiger partial charge in [0.25, 0.3) is 0 Å². The first-order chi connectivity index (χ1) is 8.94. The van der Waals surface area contributed by atoms with E-state index in [2.05, 4.69) is 10.00 Å². The molecular formula is C13H23N3O2S. The highest BCUT2D eigenvalue weighted by Gasteiger charge is 2.23. The van der Waals surface area contributed by atoms with Gasteiger partial charge in [-0.3, -0.25) is 9.58 Å². The molecule has 0 bridgehead atoms. The zero-order chi connectivity index (χ0) is 13.9. The number of nitrogens with zero attached hydrogens (tertiary/aromatic N) is 3. The van der Waals surface area contributed by atoms with Crippen LogP contribution in [-0.4, -0.2) is 54.2 Å². The normalized spacial score (nSPS) is 21.7. The maximum absolute atomic E-state index is 11.3. The minimum absolute atomic E-state index is 0.252. The van der Waals surface area contributed by atoms with Gasteiger partial charge in [0.05, 0.1) is 18.5 Å². The minimum Gasteiger partial charge on any atom is -0.298 e. The van der Waals surface area contributed by atoms with Crippen LogP contribution in [0, 0.1) is 6.92 Å². The molecule has 0 spiro atoms. The van der Waals surface area contributed by atoms with Crippen LogP contribution in [0.3, 0.4) is 0 Å². The molecule has 1 fully saturated rings. The zero-order valence-corrected chi connectivity index (χ0v) is 12.6.